The van der Waals surface area contributed by atoms with Gasteiger partial charge in [0.25, 0.3) is 0 Å². The number of halogens is 3. The Morgan fingerprint density at radius 3 is 2.13 bits per heavy atom. The third kappa shape index (κ3) is 5.05. The second-order valence-corrected chi connectivity index (χ2v) is 6.30. The molecular formula is C14H16F3NO4S. The predicted octanol–water partition coefficient (Wildman–Crippen LogP) is 4.33. The summed E-state index contributed by atoms with van der Waals surface area (Å²) in [6.45, 7) is 6.76. The lowest BCUT2D eigenvalue weighted by Gasteiger charge is -2.21. The summed E-state index contributed by atoms with van der Waals surface area (Å²) in [4.78, 5) is 22.0. The van der Waals surface area contributed by atoms with Crippen LogP contribution in [0.1, 0.15) is 33.3 Å². The van der Waals surface area contributed by atoms with E-state index in [-0.39, 0.29) is 12.0 Å². The average Bonchev–Trinajstić information content (AvgIpc) is 2.39. The van der Waals surface area contributed by atoms with E-state index in [0.29, 0.717) is 0 Å². The Morgan fingerprint density at radius 1 is 1.09 bits per heavy atom. The molecule has 0 saturated carbocycles. The molecule has 0 bridgehead atoms. The highest BCUT2D eigenvalue weighted by molar-refractivity contribution is 7.95. The van der Waals surface area contributed by atoms with Crippen LogP contribution >= 0.6 is 12.0 Å². The first-order chi connectivity index (χ1) is 10.4. The Kier molecular flexibility index (Phi) is 5.92. The van der Waals surface area contributed by atoms with Crippen molar-refractivity contribution in [3.05, 3.63) is 23.0 Å². The summed E-state index contributed by atoms with van der Waals surface area (Å²) in [6.07, 6.45) is -1.11. The van der Waals surface area contributed by atoms with Gasteiger partial charge in [0.15, 0.2) is 11.6 Å². The normalized spacial score (nSPS) is 11.1. The van der Waals surface area contributed by atoms with Gasteiger partial charge < -0.3 is 8.92 Å². The molecule has 0 saturated heterocycles. The topological polar surface area (TPSA) is 64.6 Å². The van der Waals surface area contributed by atoms with Crippen molar-refractivity contribution in [3.8, 4) is 0 Å². The number of amides is 1. The van der Waals surface area contributed by atoms with Crippen LogP contribution < -0.4 is 5.32 Å². The molecular weight excluding hydrogens is 335 g/mol. The summed E-state index contributed by atoms with van der Waals surface area (Å²) in [6, 6.07) is 0. The van der Waals surface area contributed by atoms with Crippen LogP contribution in [-0.4, -0.2) is 17.7 Å². The monoisotopic (exact) mass is 351 g/mol. The molecule has 0 aliphatic rings. The minimum absolute atomic E-state index is 0.177. The van der Waals surface area contributed by atoms with Crippen molar-refractivity contribution in [2.24, 2.45) is 0 Å². The second kappa shape index (κ2) is 7.12. The van der Waals surface area contributed by atoms with E-state index in [0.717, 1.165) is 13.8 Å². The SMILES string of the molecule is CC(=O)OSc1c(F)c(C)c(F)c(F)c1NC(=O)OC(C)(C)C. The largest absolute Gasteiger partial charge is 0.444 e. The van der Waals surface area contributed by atoms with Gasteiger partial charge in [-0.05, 0) is 27.7 Å². The third-order valence-electron chi connectivity index (χ3n) is 2.37. The maximum atomic E-state index is 14.1. The zero-order valence-corrected chi connectivity index (χ0v) is 14.0. The van der Waals surface area contributed by atoms with Crippen molar-refractivity contribution in [3.63, 3.8) is 0 Å². The standard InChI is InChI=1S/C14H16F3NO4S/c1-6-8(15)10(17)11(18-13(20)21-14(3,4)5)12(9(6)16)23-22-7(2)19/h1-5H3,(H,18,20). The molecule has 0 aliphatic carbocycles. The molecule has 5 nitrogen and oxygen atoms in total. The molecule has 128 valence electrons. The van der Waals surface area contributed by atoms with E-state index >= 15 is 0 Å². The fourth-order valence-corrected chi connectivity index (χ4v) is 2.10. The van der Waals surface area contributed by atoms with Crippen LogP contribution in [0.2, 0.25) is 0 Å². The molecule has 0 heterocycles. The molecule has 0 fully saturated rings. The van der Waals surface area contributed by atoms with Gasteiger partial charge in [-0.3, -0.25) is 10.1 Å². The fourth-order valence-electron chi connectivity index (χ4n) is 1.45. The van der Waals surface area contributed by atoms with Crippen LogP contribution in [0.25, 0.3) is 0 Å². The van der Waals surface area contributed by atoms with Gasteiger partial charge in [-0.2, -0.15) is 0 Å². The first-order valence-electron chi connectivity index (χ1n) is 6.46. The molecule has 0 aliphatic heterocycles. The van der Waals surface area contributed by atoms with E-state index in [2.05, 4.69) is 4.18 Å². The Hall–Kier alpha value is -1.90. The van der Waals surface area contributed by atoms with Crippen molar-refractivity contribution >= 4 is 29.8 Å². The number of benzene rings is 1. The lowest BCUT2D eigenvalue weighted by Crippen LogP contribution is -2.28. The third-order valence-corrected chi connectivity index (χ3v) is 3.23. The zero-order valence-electron chi connectivity index (χ0n) is 13.2. The number of anilines is 1. The average molecular weight is 351 g/mol. The smallest absolute Gasteiger partial charge is 0.412 e. The number of hydrogen-bond donors (Lipinski definition) is 1. The number of carbonyl (C=O) groups excluding carboxylic acids is 2. The molecule has 1 aromatic rings. The fraction of sp³-hybridized carbons (Fsp3) is 0.429. The molecule has 0 radical (unpaired) electrons. The highest BCUT2D eigenvalue weighted by Gasteiger charge is 2.27. The number of nitrogens with one attached hydrogen (secondary N) is 1. The summed E-state index contributed by atoms with van der Waals surface area (Å²) in [5, 5.41) is 1.94. The van der Waals surface area contributed by atoms with Crippen molar-refractivity contribution in [2.75, 3.05) is 5.32 Å². The van der Waals surface area contributed by atoms with Crippen LogP contribution in [0.3, 0.4) is 0 Å². The Morgan fingerprint density at radius 2 is 1.65 bits per heavy atom. The lowest BCUT2D eigenvalue weighted by atomic mass is 10.2. The Balaban J connectivity index is 3.27. The van der Waals surface area contributed by atoms with Crippen LogP contribution in [0, 0.1) is 24.4 Å². The maximum absolute atomic E-state index is 14.1. The summed E-state index contributed by atoms with van der Waals surface area (Å²) in [5.74, 6) is -4.87. The molecule has 0 aromatic heterocycles. The van der Waals surface area contributed by atoms with Crippen molar-refractivity contribution in [1.82, 2.24) is 0 Å². The van der Waals surface area contributed by atoms with Gasteiger partial charge in [-0.25, -0.2) is 18.0 Å². The van der Waals surface area contributed by atoms with Gasteiger partial charge in [0.05, 0.1) is 0 Å². The number of rotatable bonds is 3. The highest BCUT2D eigenvalue weighted by Crippen LogP contribution is 2.37. The zero-order chi connectivity index (χ0) is 17.9. The predicted molar refractivity (Wildman–Crippen MR) is 78.5 cm³/mol. The second-order valence-electron chi connectivity index (χ2n) is 5.56. The van der Waals surface area contributed by atoms with E-state index < -0.39 is 51.3 Å². The van der Waals surface area contributed by atoms with E-state index in [4.69, 9.17) is 4.74 Å². The van der Waals surface area contributed by atoms with Crippen LogP contribution in [0.15, 0.2) is 4.90 Å². The minimum atomic E-state index is -1.48. The maximum Gasteiger partial charge on any atom is 0.412 e. The summed E-state index contributed by atoms with van der Waals surface area (Å²) >= 11 is 0.177. The van der Waals surface area contributed by atoms with Gasteiger partial charge in [-0.1, -0.05) is 0 Å². The molecule has 1 N–H and O–H groups in total. The molecule has 1 rings (SSSR count). The van der Waals surface area contributed by atoms with Crippen LogP contribution in [-0.2, 0) is 13.7 Å². The van der Waals surface area contributed by atoms with E-state index in [9.17, 15) is 22.8 Å². The highest BCUT2D eigenvalue weighted by atomic mass is 32.2. The molecule has 0 atom stereocenters. The molecule has 1 aromatic carbocycles. The molecule has 1 amide bonds. The summed E-state index contributed by atoms with van der Waals surface area (Å²) < 4.78 is 51.3. The molecule has 23 heavy (non-hydrogen) atoms. The first-order valence-corrected chi connectivity index (χ1v) is 7.20. The van der Waals surface area contributed by atoms with Crippen molar-refractivity contribution in [1.29, 1.82) is 0 Å². The van der Waals surface area contributed by atoms with E-state index in [1.54, 1.807) is 20.8 Å². The molecule has 0 spiro atoms. The van der Waals surface area contributed by atoms with Gasteiger partial charge in [-0.15, -0.1) is 0 Å². The van der Waals surface area contributed by atoms with Gasteiger partial charge >= 0.3 is 12.1 Å². The van der Waals surface area contributed by atoms with Crippen molar-refractivity contribution < 1.29 is 31.7 Å². The minimum Gasteiger partial charge on any atom is -0.444 e. The number of hydrogen-bond acceptors (Lipinski definition) is 5. The summed E-state index contributed by atoms with van der Waals surface area (Å²) in [5.41, 5.74) is -2.30. The number of ether oxygens (including phenoxy) is 1. The molecule has 0 unspecified atom stereocenters. The van der Waals surface area contributed by atoms with E-state index in [1.807, 2.05) is 5.32 Å². The number of carbonyl (C=O) groups is 2. The van der Waals surface area contributed by atoms with Gasteiger partial charge in [0.1, 0.15) is 34.0 Å². The van der Waals surface area contributed by atoms with E-state index in [1.165, 1.54) is 0 Å². The Bertz CT molecular complexity index is 644. The quantitative estimate of drug-likeness (QED) is 0.649. The molecule has 9 heteroatoms. The van der Waals surface area contributed by atoms with Crippen molar-refractivity contribution in [2.45, 2.75) is 45.1 Å². The van der Waals surface area contributed by atoms with Gasteiger partial charge in [0.2, 0.25) is 0 Å². The van der Waals surface area contributed by atoms with Gasteiger partial charge in [0, 0.05) is 12.5 Å². The van der Waals surface area contributed by atoms with Crippen LogP contribution in [0.5, 0.6) is 0 Å². The lowest BCUT2D eigenvalue weighted by molar-refractivity contribution is -0.130. The first kappa shape index (κ1) is 19.1. The Labute approximate surface area is 135 Å². The van der Waals surface area contributed by atoms with Crippen LogP contribution in [0.4, 0.5) is 23.7 Å². The summed E-state index contributed by atoms with van der Waals surface area (Å²) in [7, 11) is 0.